The highest BCUT2D eigenvalue weighted by Crippen LogP contribution is 2.64. The van der Waals surface area contributed by atoms with Crippen molar-refractivity contribution < 1.29 is 9.90 Å². The van der Waals surface area contributed by atoms with Gasteiger partial charge in [-0.3, -0.25) is 4.79 Å². The highest BCUT2D eigenvalue weighted by Gasteiger charge is 2.58. The number of benzene rings is 1. The molecule has 0 bridgehead atoms. The largest absolute Gasteiger partial charge is 0.393 e. The Labute approximate surface area is 173 Å². The molecule has 0 saturated heterocycles. The van der Waals surface area contributed by atoms with Crippen LogP contribution in [0.25, 0.3) is 0 Å². The fraction of sp³-hybridized carbons (Fsp3) is 0.640. The molecule has 1 aromatic carbocycles. The summed E-state index contributed by atoms with van der Waals surface area (Å²) in [4.78, 5) is 13.5. The fourth-order valence-corrected chi connectivity index (χ4v) is 7.80. The number of hydrogen-bond acceptors (Lipinski definition) is 3. The number of carbonyl (C=O) groups excluding carboxylic acids is 1. The van der Waals surface area contributed by atoms with Crippen molar-refractivity contribution in [3.8, 4) is 0 Å². The zero-order chi connectivity index (χ0) is 19.5. The standard InChI is InChI=1S/C25H32O2S/c1-25-12-11-20-19-8-5-17(26)13-16(19)14-21(15-3-6-18(28-2)7-4-15)24(20)22(25)9-10-23(25)27/h3-4,6-7,13,19-24,27H,5,8-12,14H2,1-2H3/t19-,20+,21-,22-,23-,24-,25-/m0/s1. The molecular formula is C25H32O2S. The number of hydrogen-bond donors (Lipinski definition) is 1. The van der Waals surface area contributed by atoms with Crippen molar-refractivity contribution >= 4 is 17.5 Å². The summed E-state index contributed by atoms with van der Waals surface area (Å²) >= 11 is 1.79. The summed E-state index contributed by atoms with van der Waals surface area (Å²) in [6.45, 7) is 2.36. The molecule has 0 aliphatic heterocycles. The summed E-state index contributed by atoms with van der Waals surface area (Å²) in [7, 11) is 0. The molecule has 4 aliphatic carbocycles. The third-order valence-corrected chi connectivity index (χ3v) is 9.58. The quantitative estimate of drug-likeness (QED) is 0.661. The molecule has 4 aliphatic rings. The smallest absolute Gasteiger partial charge is 0.155 e. The Morgan fingerprint density at radius 3 is 2.61 bits per heavy atom. The molecule has 0 radical (unpaired) electrons. The maximum absolute atomic E-state index is 12.2. The Kier molecular flexibility index (Phi) is 4.75. The van der Waals surface area contributed by atoms with E-state index in [9.17, 15) is 9.90 Å². The molecule has 1 N–H and O–H groups in total. The maximum Gasteiger partial charge on any atom is 0.155 e. The van der Waals surface area contributed by atoms with Gasteiger partial charge in [0, 0.05) is 11.3 Å². The number of aliphatic hydroxyl groups excluding tert-OH is 1. The van der Waals surface area contributed by atoms with E-state index in [2.05, 4.69) is 37.4 Å². The van der Waals surface area contributed by atoms with Crippen LogP contribution in [0.2, 0.25) is 0 Å². The molecule has 0 heterocycles. The van der Waals surface area contributed by atoms with Crippen molar-refractivity contribution in [3.05, 3.63) is 41.5 Å². The molecular weight excluding hydrogens is 364 g/mol. The van der Waals surface area contributed by atoms with Gasteiger partial charge in [-0.05, 0) is 104 Å². The molecule has 2 nitrogen and oxygen atoms in total. The summed E-state index contributed by atoms with van der Waals surface area (Å²) < 4.78 is 0. The van der Waals surface area contributed by atoms with E-state index >= 15 is 0 Å². The van der Waals surface area contributed by atoms with Gasteiger partial charge in [0.25, 0.3) is 0 Å². The SMILES string of the molecule is CSc1ccc([C@@H]2CC3=CC(=O)CC[C@@H]3[C@H]3CC[C@]4(C)[C@@H](O)CC[C@H]4[C@@H]32)cc1. The van der Waals surface area contributed by atoms with Crippen LogP contribution in [0.5, 0.6) is 0 Å². The van der Waals surface area contributed by atoms with E-state index in [-0.39, 0.29) is 11.5 Å². The molecule has 5 rings (SSSR count). The lowest BCUT2D eigenvalue weighted by Crippen LogP contribution is -2.50. The minimum absolute atomic E-state index is 0.0876. The van der Waals surface area contributed by atoms with Crippen LogP contribution in [0.15, 0.2) is 40.8 Å². The average molecular weight is 397 g/mol. The van der Waals surface area contributed by atoms with Crippen molar-refractivity contribution in [2.24, 2.45) is 29.1 Å². The normalized spacial score (nSPS) is 42.4. The second-order valence-electron chi connectivity index (χ2n) is 9.90. The second kappa shape index (κ2) is 7.02. The highest BCUT2D eigenvalue weighted by atomic mass is 32.2. The predicted octanol–water partition coefficient (Wildman–Crippen LogP) is 5.60. The number of fused-ring (bicyclic) bond motifs is 5. The molecule has 0 amide bonds. The summed E-state index contributed by atoms with van der Waals surface area (Å²) in [6, 6.07) is 9.17. The van der Waals surface area contributed by atoms with Crippen molar-refractivity contribution in [1.29, 1.82) is 0 Å². The van der Waals surface area contributed by atoms with E-state index in [1.165, 1.54) is 28.9 Å². The molecule has 0 aromatic heterocycles. The third-order valence-electron chi connectivity index (χ3n) is 8.84. The van der Waals surface area contributed by atoms with Gasteiger partial charge >= 0.3 is 0 Å². The lowest BCUT2D eigenvalue weighted by molar-refractivity contribution is -0.116. The highest BCUT2D eigenvalue weighted by molar-refractivity contribution is 7.98. The summed E-state index contributed by atoms with van der Waals surface area (Å²) in [5.74, 6) is 3.37. The van der Waals surface area contributed by atoms with Crippen molar-refractivity contribution in [2.45, 2.75) is 68.8 Å². The van der Waals surface area contributed by atoms with Gasteiger partial charge in [-0.25, -0.2) is 0 Å². The van der Waals surface area contributed by atoms with Crippen LogP contribution < -0.4 is 0 Å². The Morgan fingerprint density at radius 1 is 1.07 bits per heavy atom. The lowest BCUT2D eigenvalue weighted by Gasteiger charge is -2.56. The molecule has 0 spiro atoms. The predicted molar refractivity (Wildman–Crippen MR) is 114 cm³/mol. The fourth-order valence-electron chi connectivity index (χ4n) is 7.39. The van der Waals surface area contributed by atoms with Gasteiger partial charge in [0.15, 0.2) is 5.78 Å². The minimum Gasteiger partial charge on any atom is -0.393 e. The van der Waals surface area contributed by atoms with E-state index in [0.717, 1.165) is 32.1 Å². The van der Waals surface area contributed by atoms with Gasteiger partial charge in [-0.15, -0.1) is 11.8 Å². The van der Waals surface area contributed by atoms with Crippen molar-refractivity contribution in [1.82, 2.24) is 0 Å². The zero-order valence-electron chi connectivity index (χ0n) is 17.1. The van der Waals surface area contributed by atoms with Crippen LogP contribution in [-0.2, 0) is 4.79 Å². The first-order chi connectivity index (χ1) is 13.5. The molecule has 3 saturated carbocycles. The van der Waals surface area contributed by atoms with Crippen LogP contribution in [0, 0.1) is 29.1 Å². The number of rotatable bonds is 2. The summed E-state index contributed by atoms with van der Waals surface area (Å²) in [5.41, 5.74) is 2.96. The van der Waals surface area contributed by atoms with E-state index < -0.39 is 0 Å². The van der Waals surface area contributed by atoms with Crippen molar-refractivity contribution in [3.63, 3.8) is 0 Å². The van der Waals surface area contributed by atoms with Crippen LogP contribution in [0.4, 0.5) is 0 Å². The van der Waals surface area contributed by atoms with E-state index in [1.807, 2.05) is 6.08 Å². The van der Waals surface area contributed by atoms with E-state index in [4.69, 9.17) is 0 Å². The van der Waals surface area contributed by atoms with Gasteiger partial charge in [-0.1, -0.05) is 24.6 Å². The molecule has 150 valence electrons. The molecule has 3 fully saturated rings. The number of thioether (sulfide) groups is 1. The number of carbonyl (C=O) groups is 1. The topological polar surface area (TPSA) is 37.3 Å². The number of aliphatic hydroxyl groups is 1. The van der Waals surface area contributed by atoms with Crippen molar-refractivity contribution in [2.75, 3.05) is 6.26 Å². The lowest BCUT2D eigenvalue weighted by atomic mass is 9.48. The van der Waals surface area contributed by atoms with Crippen LogP contribution in [-0.4, -0.2) is 23.2 Å². The number of ketones is 1. The first kappa shape index (κ1) is 18.9. The maximum atomic E-state index is 12.2. The molecule has 1 aromatic rings. The van der Waals surface area contributed by atoms with Crippen LogP contribution >= 0.6 is 11.8 Å². The first-order valence-corrected chi connectivity index (χ1v) is 12.3. The second-order valence-corrected chi connectivity index (χ2v) is 10.8. The monoisotopic (exact) mass is 396 g/mol. The Morgan fingerprint density at radius 2 is 1.86 bits per heavy atom. The Bertz CT molecular complexity index is 797. The van der Waals surface area contributed by atoms with Crippen LogP contribution in [0.1, 0.15) is 63.4 Å². The number of allylic oxidation sites excluding steroid dienone is 1. The Hall–Kier alpha value is -1.06. The van der Waals surface area contributed by atoms with Gasteiger partial charge in [0.1, 0.15) is 0 Å². The van der Waals surface area contributed by atoms with E-state index in [1.54, 1.807) is 11.8 Å². The summed E-state index contributed by atoms with van der Waals surface area (Å²) in [5, 5.41) is 10.8. The average Bonchev–Trinajstić information content (AvgIpc) is 3.02. The zero-order valence-corrected chi connectivity index (χ0v) is 17.9. The molecule has 0 unspecified atom stereocenters. The molecule has 3 heteroatoms. The van der Waals surface area contributed by atoms with Gasteiger partial charge in [0.05, 0.1) is 6.10 Å². The van der Waals surface area contributed by atoms with Gasteiger partial charge in [-0.2, -0.15) is 0 Å². The van der Waals surface area contributed by atoms with E-state index in [0.29, 0.717) is 35.4 Å². The van der Waals surface area contributed by atoms with Gasteiger partial charge in [0.2, 0.25) is 0 Å². The van der Waals surface area contributed by atoms with Crippen LogP contribution in [0.3, 0.4) is 0 Å². The Balaban J connectivity index is 1.57. The third kappa shape index (κ3) is 2.84. The minimum atomic E-state index is -0.136. The molecule has 28 heavy (non-hydrogen) atoms. The molecule has 7 atom stereocenters. The first-order valence-electron chi connectivity index (χ1n) is 11.1. The van der Waals surface area contributed by atoms with Gasteiger partial charge < -0.3 is 5.11 Å². The summed E-state index contributed by atoms with van der Waals surface area (Å²) in [6.07, 6.45) is 11.3.